The molecule has 1 saturated carbocycles. The molecule has 3 unspecified atom stereocenters. The van der Waals surface area contributed by atoms with Gasteiger partial charge in [0.2, 0.25) is 5.91 Å². The van der Waals surface area contributed by atoms with Crippen molar-refractivity contribution in [3.8, 4) is 0 Å². The van der Waals surface area contributed by atoms with E-state index in [-0.39, 0.29) is 11.8 Å². The third kappa shape index (κ3) is 4.83. The quantitative estimate of drug-likeness (QED) is 0.801. The maximum atomic E-state index is 12.5. The summed E-state index contributed by atoms with van der Waals surface area (Å²) in [7, 11) is 0. The maximum Gasteiger partial charge on any atom is 0.223 e. The summed E-state index contributed by atoms with van der Waals surface area (Å²) in [4.78, 5) is 12.5. The number of fused-ring (bicyclic) bond motifs is 1. The van der Waals surface area contributed by atoms with E-state index in [4.69, 9.17) is 0 Å². The monoisotopic (exact) mass is 323 g/mol. The fraction of sp³-hybridized carbons (Fsp3) is 0.500. The molecule has 0 heterocycles. The van der Waals surface area contributed by atoms with Gasteiger partial charge in [0.15, 0.2) is 0 Å². The number of hydrogen-bond acceptors (Lipinski definition) is 1. The lowest BCUT2D eigenvalue weighted by Crippen LogP contribution is -2.28. The first-order valence-corrected chi connectivity index (χ1v) is 9.48. The van der Waals surface area contributed by atoms with E-state index in [1.165, 1.54) is 18.4 Å². The van der Waals surface area contributed by atoms with Crippen LogP contribution in [0.4, 0.5) is 0 Å². The molecular formula is C22H29NO. The van der Waals surface area contributed by atoms with Crippen molar-refractivity contribution in [2.75, 3.05) is 6.54 Å². The van der Waals surface area contributed by atoms with Crippen molar-refractivity contribution in [3.05, 3.63) is 60.2 Å². The highest BCUT2D eigenvalue weighted by Crippen LogP contribution is 2.52. The van der Waals surface area contributed by atoms with Crippen molar-refractivity contribution in [3.63, 3.8) is 0 Å². The second-order valence-corrected chi connectivity index (χ2v) is 7.05. The van der Waals surface area contributed by atoms with Crippen LogP contribution < -0.4 is 5.32 Å². The molecule has 24 heavy (non-hydrogen) atoms. The van der Waals surface area contributed by atoms with E-state index < -0.39 is 0 Å². The topological polar surface area (TPSA) is 29.1 Å². The highest BCUT2D eigenvalue weighted by molar-refractivity contribution is 5.82. The predicted octanol–water partition coefficient (Wildman–Crippen LogP) is 4.67. The second-order valence-electron chi connectivity index (χ2n) is 7.05. The van der Waals surface area contributed by atoms with Crippen LogP contribution in [0.2, 0.25) is 0 Å². The molecule has 0 bridgehead atoms. The van der Waals surface area contributed by atoms with Gasteiger partial charge in [0.1, 0.15) is 0 Å². The first-order valence-electron chi connectivity index (χ1n) is 9.48. The molecule has 0 aromatic heterocycles. The van der Waals surface area contributed by atoms with E-state index in [0.717, 1.165) is 38.6 Å². The number of amides is 1. The van der Waals surface area contributed by atoms with Gasteiger partial charge in [0.25, 0.3) is 0 Å². The van der Waals surface area contributed by atoms with Crippen LogP contribution >= 0.6 is 0 Å². The van der Waals surface area contributed by atoms with Gasteiger partial charge in [-0.25, -0.2) is 0 Å². The minimum absolute atomic E-state index is 0.253. The number of rotatable bonds is 4. The summed E-state index contributed by atoms with van der Waals surface area (Å²) in [5, 5.41) is 3.17. The van der Waals surface area contributed by atoms with Gasteiger partial charge in [0, 0.05) is 12.5 Å². The zero-order valence-electron chi connectivity index (χ0n) is 14.5. The number of carbonyl (C=O) groups is 1. The van der Waals surface area contributed by atoms with E-state index >= 15 is 0 Å². The molecule has 0 radical (unpaired) electrons. The van der Waals surface area contributed by atoms with Crippen LogP contribution in [0.1, 0.15) is 44.1 Å². The van der Waals surface area contributed by atoms with Crippen molar-refractivity contribution in [1.29, 1.82) is 0 Å². The normalized spacial score (nSPS) is 29.4. The molecule has 1 aromatic carbocycles. The van der Waals surface area contributed by atoms with Gasteiger partial charge in [-0.3, -0.25) is 4.79 Å². The molecule has 128 valence electrons. The van der Waals surface area contributed by atoms with Crippen LogP contribution in [-0.4, -0.2) is 12.5 Å². The maximum absolute atomic E-state index is 12.5. The van der Waals surface area contributed by atoms with Gasteiger partial charge >= 0.3 is 0 Å². The Labute approximate surface area is 146 Å². The van der Waals surface area contributed by atoms with E-state index in [1.807, 2.05) is 6.07 Å². The minimum atomic E-state index is 0.253. The lowest BCUT2D eigenvalue weighted by molar-refractivity contribution is -0.122. The average Bonchev–Trinajstić information content (AvgIpc) is 3.28. The Balaban J connectivity index is 1.47. The summed E-state index contributed by atoms with van der Waals surface area (Å²) >= 11 is 0. The molecule has 2 aliphatic rings. The first-order chi connectivity index (χ1) is 11.9. The average molecular weight is 323 g/mol. The summed E-state index contributed by atoms with van der Waals surface area (Å²) in [5.74, 6) is 1.73. The largest absolute Gasteiger partial charge is 0.356 e. The molecule has 2 aliphatic carbocycles. The van der Waals surface area contributed by atoms with Gasteiger partial charge < -0.3 is 5.32 Å². The van der Waals surface area contributed by atoms with Gasteiger partial charge in [-0.05, 0) is 62.3 Å². The van der Waals surface area contributed by atoms with Gasteiger partial charge in [-0.1, -0.05) is 54.6 Å². The Morgan fingerprint density at radius 1 is 0.875 bits per heavy atom. The summed E-state index contributed by atoms with van der Waals surface area (Å²) in [5.41, 5.74) is 1.29. The second kappa shape index (κ2) is 8.86. The van der Waals surface area contributed by atoms with Crippen LogP contribution in [0.3, 0.4) is 0 Å². The molecule has 1 fully saturated rings. The summed E-state index contributed by atoms with van der Waals surface area (Å²) in [6, 6.07) is 10.4. The third-order valence-electron chi connectivity index (χ3n) is 5.36. The van der Waals surface area contributed by atoms with Crippen molar-refractivity contribution >= 4 is 5.91 Å². The molecule has 1 amide bonds. The summed E-state index contributed by atoms with van der Waals surface area (Å²) in [6.07, 6.45) is 17.0. The zero-order valence-corrected chi connectivity index (χ0v) is 14.5. The van der Waals surface area contributed by atoms with E-state index in [1.54, 1.807) is 0 Å². The Morgan fingerprint density at radius 2 is 1.46 bits per heavy atom. The van der Waals surface area contributed by atoms with E-state index in [2.05, 4.69) is 53.9 Å². The van der Waals surface area contributed by atoms with Gasteiger partial charge in [-0.2, -0.15) is 0 Å². The van der Waals surface area contributed by atoms with Crippen LogP contribution in [0.15, 0.2) is 54.6 Å². The van der Waals surface area contributed by atoms with Crippen LogP contribution in [0, 0.1) is 17.8 Å². The third-order valence-corrected chi connectivity index (χ3v) is 5.36. The first kappa shape index (κ1) is 17.0. The van der Waals surface area contributed by atoms with Crippen LogP contribution in [-0.2, 0) is 11.2 Å². The molecule has 1 aromatic rings. The predicted molar refractivity (Wildman–Crippen MR) is 99.6 cm³/mol. The molecular weight excluding hydrogens is 294 g/mol. The Hall–Kier alpha value is -1.83. The lowest BCUT2D eigenvalue weighted by Gasteiger charge is -2.05. The SMILES string of the molecule is O=C(NCCc1ccccc1)C1C2CC/C=C\CC/C=C/CCC21. The standard InChI is InChI=1S/C22H29NO/c24-22(23-17-16-18-12-8-7-9-13-18)21-19-14-10-5-3-1-2-4-6-11-15-20(19)21/h3-9,12-13,19-21H,1-2,10-11,14-17H2,(H,23,24)/b5-3-,6-4+. The fourth-order valence-electron chi connectivity index (χ4n) is 3.95. The van der Waals surface area contributed by atoms with Gasteiger partial charge in [-0.15, -0.1) is 0 Å². The highest BCUT2D eigenvalue weighted by atomic mass is 16.2. The molecule has 0 spiro atoms. The minimum Gasteiger partial charge on any atom is -0.356 e. The van der Waals surface area contributed by atoms with Crippen molar-refractivity contribution in [2.24, 2.45) is 17.8 Å². The lowest BCUT2D eigenvalue weighted by atomic mass is 10.1. The Bertz CT molecular complexity index is 551. The molecule has 3 atom stereocenters. The Kier molecular flexibility index (Phi) is 6.28. The Morgan fingerprint density at radius 3 is 2.08 bits per heavy atom. The van der Waals surface area contributed by atoms with Crippen LogP contribution in [0.25, 0.3) is 0 Å². The van der Waals surface area contributed by atoms with Crippen molar-refractivity contribution in [2.45, 2.75) is 44.9 Å². The number of allylic oxidation sites excluding steroid dienone is 4. The molecule has 1 N–H and O–H groups in total. The number of benzene rings is 1. The molecule has 0 saturated heterocycles. The smallest absolute Gasteiger partial charge is 0.223 e. The fourth-order valence-corrected chi connectivity index (χ4v) is 3.95. The summed E-state index contributed by atoms with van der Waals surface area (Å²) < 4.78 is 0. The van der Waals surface area contributed by atoms with Gasteiger partial charge in [0.05, 0.1) is 0 Å². The zero-order chi connectivity index (χ0) is 16.6. The van der Waals surface area contributed by atoms with Crippen LogP contribution in [0.5, 0.6) is 0 Å². The molecule has 3 rings (SSSR count). The molecule has 2 nitrogen and oxygen atoms in total. The van der Waals surface area contributed by atoms with Crippen molar-refractivity contribution < 1.29 is 4.79 Å². The highest BCUT2D eigenvalue weighted by Gasteiger charge is 2.52. The number of hydrogen-bond donors (Lipinski definition) is 1. The molecule has 2 heteroatoms. The summed E-state index contributed by atoms with van der Waals surface area (Å²) in [6.45, 7) is 0.749. The van der Waals surface area contributed by atoms with Crippen molar-refractivity contribution in [1.82, 2.24) is 5.32 Å². The van der Waals surface area contributed by atoms with E-state index in [9.17, 15) is 4.79 Å². The number of carbonyl (C=O) groups excluding carboxylic acids is 1. The number of nitrogens with one attached hydrogen (secondary N) is 1. The van der Waals surface area contributed by atoms with E-state index in [0.29, 0.717) is 11.8 Å². The molecule has 0 aliphatic heterocycles.